The average Bonchev–Trinajstić information content (AvgIpc) is 3.07. The molecule has 0 aliphatic carbocycles. The molecule has 1 fully saturated rings. The predicted octanol–water partition coefficient (Wildman–Crippen LogP) is 4.41. The fraction of sp³-hybridized carbons (Fsp3) is 0.429. The molecule has 1 N–H and O–H groups in total. The Morgan fingerprint density at radius 1 is 1.11 bits per heavy atom. The Morgan fingerprint density at radius 3 is 2.46 bits per heavy atom. The number of hydrogen-bond acceptors (Lipinski definition) is 6. The van der Waals surface area contributed by atoms with E-state index in [2.05, 4.69) is 13.8 Å². The number of benzene rings is 2. The van der Waals surface area contributed by atoms with Crippen LogP contribution in [0.3, 0.4) is 0 Å². The number of ketones is 1. The van der Waals surface area contributed by atoms with Crippen molar-refractivity contribution in [3.63, 3.8) is 0 Å². The molecule has 0 bridgehead atoms. The number of hydrogen-bond donors (Lipinski definition) is 1. The summed E-state index contributed by atoms with van der Waals surface area (Å²) in [7, 11) is 5.47. The number of likely N-dealkylation sites (tertiary alicyclic amines) is 1. The molecule has 0 aromatic heterocycles. The number of nitrogens with zero attached hydrogens (tertiary/aromatic N) is 2. The maximum absolute atomic E-state index is 13.3. The zero-order chi connectivity index (χ0) is 25.7. The van der Waals surface area contributed by atoms with Crippen LogP contribution in [0, 0.1) is 12.8 Å². The van der Waals surface area contributed by atoms with E-state index in [1.165, 1.54) is 0 Å². The SMILES string of the molecule is COc1ccccc1C1/C(=C(\O)c2ccc(OCC(C)C)c(C)c2)C(=O)C(=O)N1CCCN(C)C. The zero-order valence-electron chi connectivity index (χ0n) is 21.5. The zero-order valence-corrected chi connectivity index (χ0v) is 21.5. The van der Waals surface area contributed by atoms with Crippen LogP contribution in [0.2, 0.25) is 0 Å². The third-order valence-electron chi connectivity index (χ3n) is 6.00. The molecule has 2 aromatic carbocycles. The van der Waals surface area contributed by atoms with Gasteiger partial charge in [0.2, 0.25) is 0 Å². The molecule has 3 rings (SSSR count). The molecular weight excluding hydrogens is 444 g/mol. The lowest BCUT2D eigenvalue weighted by atomic mass is 9.94. The average molecular weight is 481 g/mol. The fourth-order valence-electron chi connectivity index (χ4n) is 4.25. The second kappa shape index (κ2) is 11.4. The number of aryl methyl sites for hydroxylation is 1. The number of Topliss-reactive ketones (excluding diaryl/α,β-unsaturated/α-hetero) is 1. The summed E-state index contributed by atoms with van der Waals surface area (Å²) in [4.78, 5) is 30.0. The molecule has 0 saturated carbocycles. The topological polar surface area (TPSA) is 79.3 Å². The van der Waals surface area contributed by atoms with Crippen LogP contribution in [0.1, 0.15) is 43.0 Å². The van der Waals surface area contributed by atoms with Crippen molar-refractivity contribution in [1.29, 1.82) is 0 Å². The third kappa shape index (κ3) is 5.85. The molecule has 1 aliphatic heterocycles. The van der Waals surface area contributed by atoms with Crippen LogP contribution in [0.15, 0.2) is 48.0 Å². The van der Waals surface area contributed by atoms with Crippen molar-refractivity contribution >= 4 is 17.4 Å². The predicted molar refractivity (Wildman–Crippen MR) is 137 cm³/mol. The second-order valence-corrected chi connectivity index (χ2v) is 9.58. The summed E-state index contributed by atoms with van der Waals surface area (Å²) < 4.78 is 11.4. The van der Waals surface area contributed by atoms with Gasteiger partial charge in [-0.05, 0) is 69.7 Å². The highest BCUT2D eigenvalue weighted by molar-refractivity contribution is 6.46. The summed E-state index contributed by atoms with van der Waals surface area (Å²) in [5, 5.41) is 11.4. The van der Waals surface area contributed by atoms with Gasteiger partial charge in [0.05, 0.1) is 25.3 Å². The lowest BCUT2D eigenvalue weighted by Gasteiger charge is -2.27. The van der Waals surface area contributed by atoms with Gasteiger partial charge in [-0.3, -0.25) is 9.59 Å². The summed E-state index contributed by atoms with van der Waals surface area (Å²) in [5.41, 5.74) is 2.03. The molecule has 1 amide bonds. The molecule has 7 heteroatoms. The van der Waals surface area contributed by atoms with Crippen LogP contribution >= 0.6 is 0 Å². The first-order valence-corrected chi connectivity index (χ1v) is 12.0. The van der Waals surface area contributed by atoms with Crippen molar-refractivity contribution in [3.05, 3.63) is 64.7 Å². The van der Waals surface area contributed by atoms with E-state index < -0.39 is 17.7 Å². The molecule has 0 radical (unpaired) electrons. The van der Waals surface area contributed by atoms with Gasteiger partial charge in [-0.2, -0.15) is 0 Å². The quantitative estimate of drug-likeness (QED) is 0.308. The smallest absolute Gasteiger partial charge is 0.295 e. The molecule has 1 atom stereocenters. The van der Waals surface area contributed by atoms with Gasteiger partial charge in [-0.15, -0.1) is 0 Å². The standard InChI is InChI=1S/C28H36N2O5/c1-18(2)17-35-22-13-12-20(16-19(22)3)26(31)24-25(21-10-7-8-11-23(21)34-6)30(28(33)27(24)32)15-9-14-29(4)5/h7-8,10-13,16,18,25,31H,9,14-15,17H2,1-6H3/b26-24+. The van der Waals surface area contributed by atoms with Gasteiger partial charge in [-0.1, -0.05) is 32.0 Å². The molecule has 1 aliphatic rings. The number of carbonyl (C=O) groups excluding carboxylic acids is 2. The Labute approximate surface area is 207 Å². The fourth-order valence-corrected chi connectivity index (χ4v) is 4.25. The number of aliphatic hydroxyl groups is 1. The van der Waals surface area contributed by atoms with Crippen LogP contribution < -0.4 is 9.47 Å². The maximum atomic E-state index is 13.3. The normalized spacial score (nSPS) is 17.5. The summed E-state index contributed by atoms with van der Waals surface area (Å²) >= 11 is 0. The number of carbonyl (C=O) groups is 2. The summed E-state index contributed by atoms with van der Waals surface area (Å²) in [6.07, 6.45) is 0.687. The van der Waals surface area contributed by atoms with Crippen molar-refractivity contribution in [2.24, 2.45) is 5.92 Å². The number of ether oxygens (including phenoxy) is 2. The highest BCUT2D eigenvalue weighted by Crippen LogP contribution is 2.43. The third-order valence-corrected chi connectivity index (χ3v) is 6.00. The molecule has 188 valence electrons. The lowest BCUT2D eigenvalue weighted by molar-refractivity contribution is -0.140. The number of aliphatic hydroxyl groups excluding tert-OH is 1. The van der Waals surface area contributed by atoms with Crippen LogP contribution in [0.5, 0.6) is 11.5 Å². The molecular formula is C28H36N2O5. The highest BCUT2D eigenvalue weighted by Gasteiger charge is 2.46. The molecule has 0 spiro atoms. The van der Waals surface area contributed by atoms with Gasteiger partial charge < -0.3 is 24.4 Å². The molecule has 2 aromatic rings. The van der Waals surface area contributed by atoms with Gasteiger partial charge in [0.15, 0.2) is 0 Å². The minimum atomic E-state index is -0.745. The van der Waals surface area contributed by atoms with Crippen LogP contribution in [-0.4, -0.2) is 67.5 Å². The van der Waals surface area contributed by atoms with Gasteiger partial charge in [-0.25, -0.2) is 0 Å². The van der Waals surface area contributed by atoms with Crippen molar-refractivity contribution in [2.45, 2.75) is 33.2 Å². The van der Waals surface area contributed by atoms with Crippen molar-refractivity contribution in [2.75, 3.05) is 40.9 Å². The number of rotatable bonds is 10. The summed E-state index contributed by atoms with van der Waals surface area (Å²) in [5.74, 6) is 0.146. The second-order valence-electron chi connectivity index (χ2n) is 9.58. The summed E-state index contributed by atoms with van der Waals surface area (Å²) in [6.45, 7) is 7.76. The number of methoxy groups -OCH3 is 1. The molecule has 7 nitrogen and oxygen atoms in total. The number of para-hydroxylation sites is 1. The minimum absolute atomic E-state index is 0.0691. The van der Waals surface area contributed by atoms with Gasteiger partial charge in [0, 0.05) is 17.7 Å². The monoisotopic (exact) mass is 480 g/mol. The van der Waals surface area contributed by atoms with E-state index in [9.17, 15) is 14.7 Å². The Morgan fingerprint density at radius 2 is 1.83 bits per heavy atom. The van der Waals surface area contributed by atoms with Crippen molar-refractivity contribution in [1.82, 2.24) is 9.80 Å². The van der Waals surface area contributed by atoms with E-state index in [-0.39, 0.29) is 11.3 Å². The van der Waals surface area contributed by atoms with Gasteiger partial charge in [0.25, 0.3) is 11.7 Å². The van der Waals surface area contributed by atoms with E-state index in [0.29, 0.717) is 42.4 Å². The summed E-state index contributed by atoms with van der Waals surface area (Å²) in [6, 6.07) is 11.8. The first-order chi connectivity index (χ1) is 16.6. The van der Waals surface area contributed by atoms with E-state index in [0.717, 1.165) is 17.9 Å². The Bertz CT molecular complexity index is 1110. The van der Waals surface area contributed by atoms with Gasteiger partial charge >= 0.3 is 0 Å². The Kier molecular flexibility index (Phi) is 8.57. The van der Waals surface area contributed by atoms with E-state index in [1.807, 2.05) is 44.1 Å². The Balaban J connectivity index is 2.08. The Hall–Kier alpha value is -3.32. The molecule has 1 unspecified atom stereocenters. The molecule has 1 heterocycles. The van der Waals surface area contributed by atoms with Gasteiger partial charge in [0.1, 0.15) is 17.3 Å². The molecule has 35 heavy (non-hydrogen) atoms. The van der Waals surface area contributed by atoms with E-state index in [4.69, 9.17) is 9.47 Å². The van der Waals surface area contributed by atoms with E-state index >= 15 is 0 Å². The van der Waals surface area contributed by atoms with Crippen molar-refractivity contribution < 1.29 is 24.2 Å². The van der Waals surface area contributed by atoms with Crippen molar-refractivity contribution in [3.8, 4) is 11.5 Å². The molecule has 1 saturated heterocycles. The first kappa shape index (κ1) is 26.3. The lowest BCUT2D eigenvalue weighted by Crippen LogP contribution is -2.32. The van der Waals surface area contributed by atoms with Crippen LogP contribution in [0.4, 0.5) is 0 Å². The first-order valence-electron chi connectivity index (χ1n) is 12.0. The largest absolute Gasteiger partial charge is 0.507 e. The maximum Gasteiger partial charge on any atom is 0.295 e. The number of amides is 1. The highest BCUT2D eigenvalue weighted by atomic mass is 16.5. The van der Waals surface area contributed by atoms with Crippen LogP contribution in [0.25, 0.3) is 5.76 Å². The minimum Gasteiger partial charge on any atom is -0.507 e. The van der Waals surface area contributed by atoms with Crippen LogP contribution in [-0.2, 0) is 9.59 Å². The van der Waals surface area contributed by atoms with E-state index in [1.54, 1.807) is 36.3 Å².